The summed E-state index contributed by atoms with van der Waals surface area (Å²) in [6.45, 7) is 0.513. The zero-order valence-corrected chi connectivity index (χ0v) is 13.6. The quantitative estimate of drug-likeness (QED) is 0.632. The molecule has 0 saturated heterocycles. The molecule has 0 radical (unpaired) electrons. The summed E-state index contributed by atoms with van der Waals surface area (Å²) in [7, 11) is 1.39. The third kappa shape index (κ3) is 3.25. The Hall–Kier alpha value is -2.26. The molecule has 2 aromatic rings. The van der Waals surface area contributed by atoms with Crippen LogP contribution in [-0.4, -0.2) is 19.0 Å². The van der Waals surface area contributed by atoms with Crippen molar-refractivity contribution in [2.24, 2.45) is 0 Å². The molecular weight excluding hydrogens is 312 g/mol. The van der Waals surface area contributed by atoms with Gasteiger partial charge < -0.3 is 9.47 Å². The number of allylic oxidation sites excluding steroid dienone is 1. The molecule has 1 aliphatic heterocycles. The maximum atomic E-state index is 11.5. The molecule has 4 heteroatoms. The average molecular weight is 329 g/mol. The van der Waals surface area contributed by atoms with E-state index in [4.69, 9.17) is 21.1 Å². The highest BCUT2D eigenvalue weighted by Gasteiger charge is 2.19. The van der Waals surface area contributed by atoms with E-state index in [-0.39, 0.29) is 12.4 Å². The Bertz CT molecular complexity index is 765. The minimum atomic E-state index is -0.261. The van der Waals surface area contributed by atoms with Crippen LogP contribution in [0.1, 0.15) is 22.3 Å². The van der Waals surface area contributed by atoms with Crippen molar-refractivity contribution in [3.05, 3.63) is 70.8 Å². The molecule has 3 rings (SSSR count). The van der Waals surface area contributed by atoms with E-state index in [9.17, 15) is 4.79 Å². The van der Waals surface area contributed by atoms with Gasteiger partial charge in [-0.15, -0.1) is 11.6 Å². The second kappa shape index (κ2) is 6.88. The number of benzene rings is 2. The van der Waals surface area contributed by atoms with E-state index in [1.165, 1.54) is 7.11 Å². The van der Waals surface area contributed by atoms with Crippen molar-refractivity contribution in [3.63, 3.8) is 0 Å². The summed E-state index contributed by atoms with van der Waals surface area (Å²) in [6.07, 6.45) is 2.22. The van der Waals surface area contributed by atoms with Gasteiger partial charge in [0.2, 0.25) is 0 Å². The standard InChI is InChI=1S/C19H17ClO3/c1-22-19(21)11-13-6-7-18-17(10-13)16(8-9-20)15-5-3-2-4-14(15)12-23-18/h2-8,10H,9,11-12H2,1H3. The predicted octanol–water partition coefficient (Wildman–Crippen LogP) is 3.97. The van der Waals surface area contributed by atoms with Crippen molar-refractivity contribution in [3.8, 4) is 5.75 Å². The SMILES string of the molecule is COC(=O)Cc1ccc2c(c1)C(=CCCl)c1ccccc1CO2. The van der Waals surface area contributed by atoms with Crippen molar-refractivity contribution in [1.82, 2.24) is 0 Å². The van der Waals surface area contributed by atoms with Crippen LogP contribution >= 0.6 is 11.6 Å². The summed E-state index contributed by atoms with van der Waals surface area (Å²) in [4.78, 5) is 11.5. The molecule has 23 heavy (non-hydrogen) atoms. The van der Waals surface area contributed by atoms with Crippen molar-refractivity contribution >= 4 is 23.1 Å². The van der Waals surface area contributed by atoms with Crippen LogP contribution in [0.15, 0.2) is 48.5 Å². The van der Waals surface area contributed by atoms with E-state index < -0.39 is 0 Å². The smallest absolute Gasteiger partial charge is 0.309 e. The Balaban J connectivity index is 2.10. The van der Waals surface area contributed by atoms with Crippen molar-refractivity contribution in [1.29, 1.82) is 0 Å². The van der Waals surface area contributed by atoms with Crippen molar-refractivity contribution < 1.29 is 14.3 Å². The number of fused-ring (bicyclic) bond motifs is 2. The van der Waals surface area contributed by atoms with E-state index in [1.807, 2.05) is 36.4 Å². The summed E-state index contributed by atoms with van der Waals surface area (Å²) in [5.41, 5.74) is 5.11. The Morgan fingerprint density at radius 2 is 2.09 bits per heavy atom. The Morgan fingerprint density at radius 3 is 2.87 bits per heavy atom. The molecule has 0 spiro atoms. The van der Waals surface area contributed by atoms with Crippen LogP contribution in [0.4, 0.5) is 0 Å². The van der Waals surface area contributed by atoms with E-state index in [1.54, 1.807) is 0 Å². The number of hydrogen-bond acceptors (Lipinski definition) is 3. The van der Waals surface area contributed by atoms with Gasteiger partial charge in [0.1, 0.15) is 12.4 Å². The van der Waals surface area contributed by atoms with Crippen LogP contribution in [0.5, 0.6) is 5.75 Å². The third-order valence-electron chi connectivity index (χ3n) is 3.88. The van der Waals surface area contributed by atoms with Gasteiger partial charge in [-0.3, -0.25) is 4.79 Å². The maximum absolute atomic E-state index is 11.5. The number of alkyl halides is 1. The van der Waals surface area contributed by atoms with Crippen molar-refractivity contribution in [2.75, 3.05) is 13.0 Å². The van der Waals surface area contributed by atoms with Gasteiger partial charge in [0.15, 0.2) is 0 Å². The van der Waals surface area contributed by atoms with Gasteiger partial charge in [-0.05, 0) is 34.4 Å². The fourth-order valence-electron chi connectivity index (χ4n) is 2.77. The Morgan fingerprint density at radius 1 is 1.26 bits per heavy atom. The van der Waals surface area contributed by atoms with Gasteiger partial charge in [0.25, 0.3) is 0 Å². The third-order valence-corrected chi connectivity index (χ3v) is 4.04. The zero-order valence-electron chi connectivity index (χ0n) is 12.8. The molecule has 0 amide bonds. The zero-order chi connectivity index (χ0) is 16.2. The predicted molar refractivity (Wildman–Crippen MR) is 90.7 cm³/mol. The topological polar surface area (TPSA) is 35.5 Å². The second-order valence-corrected chi connectivity index (χ2v) is 5.61. The lowest BCUT2D eigenvalue weighted by Gasteiger charge is -2.12. The van der Waals surface area contributed by atoms with E-state index >= 15 is 0 Å². The minimum Gasteiger partial charge on any atom is -0.488 e. The van der Waals surface area contributed by atoms with Gasteiger partial charge in [0, 0.05) is 11.4 Å². The van der Waals surface area contributed by atoms with E-state index in [0.717, 1.165) is 33.6 Å². The number of esters is 1. The lowest BCUT2D eigenvalue weighted by atomic mass is 9.93. The molecule has 3 nitrogen and oxygen atoms in total. The highest BCUT2D eigenvalue weighted by molar-refractivity contribution is 6.19. The first-order chi connectivity index (χ1) is 11.2. The van der Waals surface area contributed by atoms with Crippen LogP contribution in [0, 0.1) is 0 Å². The molecule has 2 aromatic carbocycles. The van der Waals surface area contributed by atoms with Crippen LogP contribution in [0.25, 0.3) is 5.57 Å². The average Bonchev–Trinajstić information content (AvgIpc) is 2.73. The summed E-state index contributed by atoms with van der Waals surface area (Å²) >= 11 is 5.98. The van der Waals surface area contributed by atoms with Crippen LogP contribution in [-0.2, 0) is 22.6 Å². The molecule has 118 valence electrons. The molecule has 0 unspecified atom stereocenters. The summed E-state index contributed by atoms with van der Waals surface area (Å²) < 4.78 is 10.7. The molecule has 0 aromatic heterocycles. The van der Waals surface area contributed by atoms with Crippen LogP contribution in [0.2, 0.25) is 0 Å². The first-order valence-electron chi connectivity index (χ1n) is 7.40. The van der Waals surface area contributed by atoms with Gasteiger partial charge in [0.05, 0.1) is 13.5 Å². The van der Waals surface area contributed by atoms with E-state index in [2.05, 4.69) is 12.1 Å². The molecule has 0 bridgehead atoms. The molecule has 1 heterocycles. The number of rotatable bonds is 3. The first kappa shape index (κ1) is 15.6. The van der Waals surface area contributed by atoms with Gasteiger partial charge in [-0.1, -0.05) is 36.4 Å². The molecule has 0 aliphatic carbocycles. The number of carbonyl (C=O) groups is 1. The van der Waals surface area contributed by atoms with Crippen LogP contribution < -0.4 is 4.74 Å². The number of methoxy groups -OCH3 is 1. The number of hydrogen-bond donors (Lipinski definition) is 0. The summed E-state index contributed by atoms with van der Waals surface area (Å²) in [5, 5.41) is 0. The maximum Gasteiger partial charge on any atom is 0.309 e. The summed E-state index contributed by atoms with van der Waals surface area (Å²) in [5.74, 6) is 0.943. The first-order valence-corrected chi connectivity index (χ1v) is 7.93. The van der Waals surface area contributed by atoms with Crippen LogP contribution in [0.3, 0.4) is 0 Å². The molecule has 0 saturated carbocycles. The molecule has 0 atom stereocenters. The van der Waals surface area contributed by atoms with Gasteiger partial charge in [-0.25, -0.2) is 0 Å². The van der Waals surface area contributed by atoms with E-state index in [0.29, 0.717) is 12.5 Å². The normalized spacial score (nSPS) is 14.4. The fourth-order valence-corrected chi connectivity index (χ4v) is 2.92. The molecular formula is C19H17ClO3. The Kier molecular flexibility index (Phi) is 4.68. The fraction of sp³-hybridized carbons (Fsp3) is 0.211. The van der Waals surface area contributed by atoms with Gasteiger partial charge in [-0.2, -0.15) is 0 Å². The highest BCUT2D eigenvalue weighted by atomic mass is 35.5. The number of carbonyl (C=O) groups excluding carboxylic acids is 1. The van der Waals surface area contributed by atoms with Gasteiger partial charge >= 0.3 is 5.97 Å². The molecule has 0 fully saturated rings. The summed E-state index contributed by atoms with van der Waals surface area (Å²) in [6, 6.07) is 13.9. The minimum absolute atomic E-state index is 0.236. The largest absolute Gasteiger partial charge is 0.488 e. The molecule has 0 N–H and O–H groups in total. The van der Waals surface area contributed by atoms with Crippen molar-refractivity contribution in [2.45, 2.75) is 13.0 Å². The monoisotopic (exact) mass is 328 g/mol. The number of halogens is 1. The highest BCUT2D eigenvalue weighted by Crippen LogP contribution is 2.37. The lowest BCUT2D eigenvalue weighted by Crippen LogP contribution is -2.05. The molecule has 1 aliphatic rings. The second-order valence-electron chi connectivity index (χ2n) is 5.30. The number of ether oxygens (including phenoxy) is 2. The Labute approximate surface area is 140 Å². The lowest BCUT2D eigenvalue weighted by molar-refractivity contribution is -0.139.